The average molecular weight is 369 g/mol. The first-order chi connectivity index (χ1) is 12.6. The van der Waals surface area contributed by atoms with Gasteiger partial charge in [0.2, 0.25) is 0 Å². The maximum atomic E-state index is 12.4. The molecule has 2 N–H and O–H groups in total. The van der Waals surface area contributed by atoms with Crippen molar-refractivity contribution in [2.24, 2.45) is 0 Å². The topological polar surface area (TPSA) is 70.7 Å². The van der Waals surface area contributed by atoms with Gasteiger partial charge in [-0.05, 0) is 48.6 Å². The highest BCUT2D eigenvalue weighted by molar-refractivity contribution is 7.80. The Bertz CT molecular complexity index is 787. The molecule has 0 aromatic heterocycles. The number of rotatable bonds is 3. The second-order valence-electron chi connectivity index (χ2n) is 5.76. The number of anilines is 1. The second-order valence-corrected chi connectivity index (χ2v) is 6.16. The van der Waals surface area contributed by atoms with Crippen molar-refractivity contribution >= 4 is 34.8 Å². The van der Waals surface area contributed by atoms with Gasteiger partial charge in [-0.3, -0.25) is 14.9 Å². The molecule has 1 aliphatic heterocycles. The molecule has 26 heavy (non-hydrogen) atoms. The van der Waals surface area contributed by atoms with Crippen molar-refractivity contribution in [1.82, 2.24) is 10.2 Å². The molecule has 0 spiro atoms. The van der Waals surface area contributed by atoms with Crippen LogP contribution in [0.2, 0.25) is 0 Å². The van der Waals surface area contributed by atoms with Crippen LogP contribution in [0.1, 0.15) is 20.7 Å². The van der Waals surface area contributed by atoms with Crippen molar-refractivity contribution in [3.63, 3.8) is 0 Å². The van der Waals surface area contributed by atoms with Crippen LogP contribution in [-0.2, 0) is 4.74 Å². The van der Waals surface area contributed by atoms with Crippen LogP contribution in [0, 0.1) is 0 Å². The molecule has 0 unspecified atom stereocenters. The number of nitrogens with one attached hydrogen (secondary N) is 2. The summed E-state index contributed by atoms with van der Waals surface area (Å²) in [6.45, 7) is 2.35. The highest BCUT2D eigenvalue weighted by atomic mass is 32.1. The van der Waals surface area contributed by atoms with Crippen molar-refractivity contribution in [2.75, 3.05) is 31.6 Å². The van der Waals surface area contributed by atoms with E-state index in [0.29, 0.717) is 43.1 Å². The molecule has 7 heteroatoms. The van der Waals surface area contributed by atoms with Crippen LogP contribution >= 0.6 is 12.2 Å². The van der Waals surface area contributed by atoms with E-state index in [9.17, 15) is 9.59 Å². The van der Waals surface area contributed by atoms with Crippen LogP contribution in [0.4, 0.5) is 5.69 Å². The zero-order valence-corrected chi connectivity index (χ0v) is 14.9. The Morgan fingerprint density at radius 1 is 0.923 bits per heavy atom. The molecule has 2 aromatic carbocycles. The predicted molar refractivity (Wildman–Crippen MR) is 103 cm³/mol. The summed E-state index contributed by atoms with van der Waals surface area (Å²) in [5.41, 5.74) is 1.83. The summed E-state index contributed by atoms with van der Waals surface area (Å²) in [6.07, 6.45) is 0. The lowest BCUT2D eigenvalue weighted by Crippen LogP contribution is -2.40. The molecular formula is C19H19N3O3S. The van der Waals surface area contributed by atoms with Gasteiger partial charge in [-0.15, -0.1) is 0 Å². The summed E-state index contributed by atoms with van der Waals surface area (Å²) in [6, 6.07) is 15.8. The van der Waals surface area contributed by atoms with Crippen molar-refractivity contribution in [2.45, 2.75) is 0 Å². The van der Waals surface area contributed by atoms with Gasteiger partial charge in [-0.1, -0.05) is 18.2 Å². The summed E-state index contributed by atoms with van der Waals surface area (Å²) in [4.78, 5) is 26.2. The Morgan fingerprint density at radius 2 is 1.58 bits per heavy atom. The highest BCUT2D eigenvalue weighted by Crippen LogP contribution is 2.13. The molecule has 3 rings (SSSR count). The van der Waals surface area contributed by atoms with Crippen molar-refractivity contribution in [3.8, 4) is 0 Å². The van der Waals surface area contributed by atoms with Gasteiger partial charge >= 0.3 is 0 Å². The summed E-state index contributed by atoms with van der Waals surface area (Å²) in [5.74, 6) is -0.290. The standard InChI is InChI=1S/C19H19N3O3S/c23-17(14-4-2-1-3-5-14)21-19(26)20-16-8-6-15(7-9-16)18(24)22-10-12-25-13-11-22/h1-9H,10-13H2,(H2,20,21,23,26). The summed E-state index contributed by atoms with van der Waals surface area (Å²) in [7, 11) is 0. The monoisotopic (exact) mass is 369 g/mol. The number of morpholine rings is 1. The summed E-state index contributed by atoms with van der Waals surface area (Å²) in [5, 5.41) is 5.77. The Balaban J connectivity index is 1.56. The number of hydrogen-bond acceptors (Lipinski definition) is 4. The third-order valence-electron chi connectivity index (χ3n) is 3.95. The molecule has 1 fully saturated rings. The first kappa shape index (κ1) is 18.0. The van der Waals surface area contributed by atoms with E-state index in [0.717, 1.165) is 0 Å². The van der Waals surface area contributed by atoms with E-state index in [1.54, 1.807) is 53.4 Å². The van der Waals surface area contributed by atoms with E-state index in [4.69, 9.17) is 17.0 Å². The fraction of sp³-hybridized carbons (Fsp3) is 0.211. The van der Waals surface area contributed by atoms with Crippen LogP contribution in [0.3, 0.4) is 0 Å². The maximum Gasteiger partial charge on any atom is 0.257 e. The lowest BCUT2D eigenvalue weighted by atomic mass is 10.1. The molecule has 0 atom stereocenters. The molecule has 1 heterocycles. The number of carbonyl (C=O) groups is 2. The molecule has 134 valence electrons. The zero-order chi connectivity index (χ0) is 18.4. The average Bonchev–Trinajstić information content (AvgIpc) is 2.69. The number of nitrogens with zero attached hydrogens (tertiary/aromatic N) is 1. The van der Waals surface area contributed by atoms with Crippen LogP contribution in [-0.4, -0.2) is 48.1 Å². The minimum absolute atomic E-state index is 0.0141. The molecule has 6 nitrogen and oxygen atoms in total. The lowest BCUT2D eigenvalue weighted by molar-refractivity contribution is 0.0303. The van der Waals surface area contributed by atoms with Gasteiger partial charge in [0.25, 0.3) is 11.8 Å². The third-order valence-corrected chi connectivity index (χ3v) is 4.16. The fourth-order valence-corrected chi connectivity index (χ4v) is 2.78. The molecule has 2 aromatic rings. The second kappa shape index (κ2) is 8.55. The SMILES string of the molecule is O=C(NC(=S)Nc1ccc(C(=O)N2CCOCC2)cc1)c1ccccc1. The number of amides is 2. The van der Waals surface area contributed by atoms with Crippen molar-refractivity contribution < 1.29 is 14.3 Å². The summed E-state index contributed by atoms with van der Waals surface area (Å²) >= 11 is 5.17. The van der Waals surface area contributed by atoms with Crippen molar-refractivity contribution in [1.29, 1.82) is 0 Å². The molecule has 0 saturated carbocycles. The van der Waals surface area contributed by atoms with Gasteiger partial charge in [0.05, 0.1) is 13.2 Å². The maximum absolute atomic E-state index is 12.4. The zero-order valence-electron chi connectivity index (χ0n) is 14.1. The molecule has 0 bridgehead atoms. The molecule has 0 radical (unpaired) electrons. The van der Waals surface area contributed by atoms with Gasteiger partial charge in [0.15, 0.2) is 5.11 Å². The van der Waals surface area contributed by atoms with E-state index < -0.39 is 0 Å². The number of ether oxygens (including phenoxy) is 1. The highest BCUT2D eigenvalue weighted by Gasteiger charge is 2.18. The van der Waals surface area contributed by atoms with E-state index in [1.165, 1.54) is 0 Å². The Kier molecular flexibility index (Phi) is 5.93. The molecule has 1 aliphatic rings. The molecule has 0 aliphatic carbocycles. The van der Waals surface area contributed by atoms with E-state index >= 15 is 0 Å². The Morgan fingerprint density at radius 3 is 2.23 bits per heavy atom. The quantitative estimate of drug-likeness (QED) is 0.813. The number of hydrogen-bond donors (Lipinski definition) is 2. The number of thiocarbonyl (C=S) groups is 1. The third kappa shape index (κ3) is 4.65. The van der Waals surface area contributed by atoms with Crippen LogP contribution in [0.25, 0.3) is 0 Å². The smallest absolute Gasteiger partial charge is 0.257 e. The van der Waals surface area contributed by atoms with Gasteiger partial charge < -0.3 is 15.0 Å². The summed E-state index contributed by atoms with van der Waals surface area (Å²) < 4.78 is 5.26. The first-order valence-corrected chi connectivity index (χ1v) is 8.69. The largest absolute Gasteiger partial charge is 0.378 e. The van der Waals surface area contributed by atoms with Gasteiger partial charge in [0.1, 0.15) is 0 Å². The number of benzene rings is 2. The minimum Gasteiger partial charge on any atom is -0.378 e. The molecule has 1 saturated heterocycles. The minimum atomic E-state index is -0.276. The fourth-order valence-electron chi connectivity index (χ4n) is 2.57. The van der Waals surface area contributed by atoms with Crippen LogP contribution < -0.4 is 10.6 Å². The lowest BCUT2D eigenvalue weighted by Gasteiger charge is -2.26. The number of carbonyl (C=O) groups excluding carboxylic acids is 2. The van der Waals surface area contributed by atoms with E-state index in [-0.39, 0.29) is 16.9 Å². The van der Waals surface area contributed by atoms with Gasteiger partial charge in [-0.25, -0.2) is 0 Å². The van der Waals surface area contributed by atoms with Crippen LogP contribution in [0.5, 0.6) is 0 Å². The normalized spacial score (nSPS) is 13.8. The van der Waals surface area contributed by atoms with E-state index in [2.05, 4.69) is 10.6 Å². The van der Waals surface area contributed by atoms with Crippen LogP contribution in [0.15, 0.2) is 54.6 Å². The van der Waals surface area contributed by atoms with Gasteiger partial charge in [0, 0.05) is 29.9 Å². The predicted octanol–water partition coefficient (Wildman–Crippen LogP) is 2.29. The molecule has 2 amide bonds. The van der Waals surface area contributed by atoms with E-state index in [1.807, 2.05) is 6.07 Å². The molecular weight excluding hydrogens is 350 g/mol. The Labute approximate surface area is 157 Å². The van der Waals surface area contributed by atoms with Crippen molar-refractivity contribution in [3.05, 3.63) is 65.7 Å². The first-order valence-electron chi connectivity index (χ1n) is 8.28. The Hall–Kier alpha value is -2.77. The van der Waals surface area contributed by atoms with Gasteiger partial charge in [-0.2, -0.15) is 0 Å².